The number of alkyl halides is 3. The van der Waals surface area contributed by atoms with E-state index in [0.29, 0.717) is 40.5 Å². The number of carboxylic acids is 1. The predicted molar refractivity (Wildman–Crippen MR) is 139 cm³/mol. The van der Waals surface area contributed by atoms with Crippen LogP contribution in [0.4, 0.5) is 18.0 Å². The molecule has 42 heavy (non-hydrogen) atoms. The van der Waals surface area contributed by atoms with Crippen molar-refractivity contribution in [2.24, 2.45) is 0 Å². The number of hydrogen-bond acceptors (Lipinski definition) is 8. The molecule has 0 bridgehead atoms. The van der Waals surface area contributed by atoms with Crippen molar-refractivity contribution >= 4 is 32.4 Å². The van der Waals surface area contributed by atoms with Gasteiger partial charge < -0.3 is 14.9 Å². The fraction of sp³-hybridized carbons (Fsp3) is 0.417. The summed E-state index contributed by atoms with van der Waals surface area (Å²) in [4.78, 5) is 24.3. The van der Waals surface area contributed by atoms with E-state index in [9.17, 15) is 49.8 Å². The van der Waals surface area contributed by atoms with Gasteiger partial charge in [0.05, 0.1) is 36.3 Å². The molecule has 3 rings (SSSR count). The van der Waals surface area contributed by atoms with Crippen molar-refractivity contribution in [3.8, 4) is 5.75 Å². The van der Waals surface area contributed by atoms with Crippen LogP contribution in [-0.2, 0) is 42.0 Å². The number of carbonyl (C=O) groups is 2. The smallest absolute Gasteiger partial charge is 0.416 e. The molecule has 2 N–H and O–H groups in total. The van der Waals surface area contributed by atoms with E-state index >= 15 is 0 Å². The summed E-state index contributed by atoms with van der Waals surface area (Å²) in [5.74, 6) is -1.22. The molecule has 1 fully saturated rings. The van der Waals surface area contributed by atoms with E-state index in [2.05, 4.69) is 0 Å². The maximum Gasteiger partial charge on any atom is 0.416 e. The standard InChI is InChI=1S/C24H28F3N3O10S2/c1-28(2)42(37,38)29(13-15-4-8-18(39-3)9-5-15)20-12-17(30(23(33)34)21(20)22(31)32)14-40-41(35,36)19-10-6-16(7-11-19)24(25,26)27/h4-11,17,20-21H,12-14H2,1-3H3,(H,31,32)(H,33,34)/t17-,20-,21+/m0/s1. The Morgan fingerprint density at radius 1 is 1.00 bits per heavy atom. The van der Waals surface area contributed by atoms with Crippen molar-refractivity contribution in [1.29, 1.82) is 0 Å². The molecule has 0 radical (unpaired) electrons. The summed E-state index contributed by atoms with van der Waals surface area (Å²) < 4.78 is 102. The number of carboxylic acid groups (broad SMARTS) is 2. The number of methoxy groups -OCH3 is 1. The van der Waals surface area contributed by atoms with E-state index in [1.54, 1.807) is 12.1 Å². The number of halogens is 3. The largest absolute Gasteiger partial charge is 0.497 e. The Balaban J connectivity index is 1.96. The Bertz CT molecular complexity index is 1500. The van der Waals surface area contributed by atoms with Crippen LogP contribution in [0, 0.1) is 0 Å². The fourth-order valence-corrected chi connectivity index (χ4v) is 6.67. The minimum atomic E-state index is -4.72. The van der Waals surface area contributed by atoms with Crippen LogP contribution in [0.15, 0.2) is 53.4 Å². The quantitative estimate of drug-likeness (QED) is 0.348. The van der Waals surface area contributed by atoms with Gasteiger partial charge in [0.25, 0.3) is 20.3 Å². The highest BCUT2D eigenvalue weighted by Crippen LogP contribution is 2.34. The highest BCUT2D eigenvalue weighted by molar-refractivity contribution is 7.87. The zero-order valence-electron chi connectivity index (χ0n) is 22.4. The molecule has 1 saturated heterocycles. The van der Waals surface area contributed by atoms with Gasteiger partial charge in [0.2, 0.25) is 0 Å². The summed E-state index contributed by atoms with van der Waals surface area (Å²) in [5.41, 5.74) is -0.697. The summed E-state index contributed by atoms with van der Waals surface area (Å²) in [6.45, 7) is -1.31. The minimum absolute atomic E-state index is 0.371. The molecule has 1 aliphatic rings. The monoisotopic (exact) mass is 639 g/mol. The van der Waals surface area contributed by atoms with Gasteiger partial charge in [0, 0.05) is 20.6 Å². The molecule has 232 valence electrons. The van der Waals surface area contributed by atoms with Crippen LogP contribution in [-0.4, -0.2) is 98.6 Å². The van der Waals surface area contributed by atoms with Gasteiger partial charge in [-0.05, 0) is 48.4 Å². The Morgan fingerprint density at radius 3 is 2.02 bits per heavy atom. The predicted octanol–water partition coefficient (Wildman–Crippen LogP) is 2.30. The first-order chi connectivity index (χ1) is 19.4. The molecule has 2 aromatic carbocycles. The highest BCUT2D eigenvalue weighted by atomic mass is 32.2. The Labute approximate surface area is 240 Å². The number of benzene rings is 2. The number of aliphatic carboxylic acids is 1. The lowest BCUT2D eigenvalue weighted by Gasteiger charge is -2.33. The van der Waals surface area contributed by atoms with Crippen molar-refractivity contribution in [1.82, 2.24) is 13.5 Å². The van der Waals surface area contributed by atoms with Crippen molar-refractivity contribution < 1.29 is 58.7 Å². The molecule has 0 saturated carbocycles. The molecule has 0 aromatic heterocycles. The Kier molecular flexibility index (Phi) is 9.78. The van der Waals surface area contributed by atoms with Crippen molar-refractivity contribution in [3.63, 3.8) is 0 Å². The van der Waals surface area contributed by atoms with Gasteiger partial charge in [0.1, 0.15) is 11.8 Å². The highest BCUT2D eigenvalue weighted by Gasteiger charge is 2.53. The third kappa shape index (κ3) is 7.12. The molecular formula is C24H28F3N3O10S2. The third-order valence-electron chi connectivity index (χ3n) is 6.56. The van der Waals surface area contributed by atoms with E-state index in [4.69, 9.17) is 8.92 Å². The van der Waals surface area contributed by atoms with Gasteiger partial charge in [-0.3, -0.25) is 9.08 Å². The first-order valence-corrected chi connectivity index (χ1v) is 14.8. The molecule has 13 nitrogen and oxygen atoms in total. The number of hydrogen-bond donors (Lipinski definition) is 2. The van der Waals surface area contributed by atoms with Crippen LogP contribution in [0.2, 0.25) is 0 Å². The fourth-order valence-electron chi connectivity index (χ4n) is 4.45. The molecule has 2 aromatic rings. The van der Waals surface area contributed by atoms with E-state index < -0.39 is 80.2 Å². The van der Waals surface area contributed by atoms with Crippen LogP contribution in [0.1, 0.15) is 17.5 Å². The van der Waals surface area contributed by atoms with E-state index in [-0.39, 0.29) is 6.54 Å². The third-order valence-corrected chi connectivity index (χ3v) is 9.77. The zero-order valence-corrected chi connectivity index (χ0v) is 24.1. The SMILES string of the molecule is COc1ccc(CN([C@H]2C[C@@H](COS(=O)(=O)c3ccc(C(F)(F)F)cc3)N(C(=O)O)[C@H]2C(=O)O)S(=O)(=O)N(C)C)cc1. The maximum atomic E-state index is 13.4. The summed E-state index contributed by atoms with van der Waals surface area (Å²) in [6.07, 6.45) is -6.98. The average molecular weight is 640 g/mol. The van der Waals surface area contributed by atoms with Crippen molar-refractivity contribution in [3.05, 3.63) is 59.7 Å². The second kappa shape index (κ2) is 12.4. The van der Waals surface area contributed by atoms with Gasteiger partial charge in [-0.2, -0.15) is 38.6 Å². The van der Waals surface area contributed by atoms with Gasteiger partial charge in [-0.15, -0.1) is 0 Å². The van der Waals surface area contributed by atoms with E-state index in [1.165, 1.54) is 33.3 Å². The summed E-state index contributed by atoms with van der Waals surface area (Å²) >= 11 is 0. The van der Waals surface area contributed by atoms with Gasteiger partial charge >= 0.3 is 18.2 Å². The van der Waals surface area contributed by atoms with Crippen LogP contribution in [0.3, 0.4) is 0 Å². The maximum absolute atomic E-state index is 13.4. The zero-order chi connectivity index (χ0) is 31.6. The Hall–Kier alpha value is -3.45. The number of rotatable bonds is 11. The molecule has 0 spiro atoms. The molecule has 0 unspecified atom stereocenters. The van der Waals surface area contributed by atoms with Crippen molar-refractivity contribution in [2.45, 2.75) is 42.2 Å². The van der Waals surface area contributed by atoms with Gasteiger partial charge in [-0.25, -0.2) is 9.59 Å². The molecule has 0 aliphatic carbocycles. The van der Waals surface area contributed by atoms with Crippen LogP contribution >= 0.6 is 0 Å². The molecule has 18 heteroatoms. The lowest BCUT2D eigenvalue weighted by Crippen LogP contribution is -2.55. The van der Waals surface area contributed by atoms with Gasteiger partial charge in [-0.1, -0.05) is 12.1 Å². The van der Waals surface area contributed by atoms with Crippen LogP contribution in [0.25, 0.3) is 0 Å². The van der Waals surface area contributed by atoms with E-state index in [1.807, 2.05) is 0 Å². The number of nitrogens with zero attached hydrogens (tertiary/aromatic N) is 3. The van der Waals surface area contributed by atoms with Crippen molar-refractivity contribution in [2.75, 3.05) is 27.8 Å². The average Bonchev–Trinajstić information content (AvgIpc) is 3.30. The number of ether oxygens (including phenoxy) is 1. The molecular weight excluding hydrogens is 611 g/mol. The lowest BCUT2D eigenvalue weighted by atomic mass is 10.1. The lowest BCUT2D eigenvalue weighted by molar-refractivity contribution is -0.143. The first-order valence-electron chi connectivity index (χ1n) is 12.0. The number of likely N-dealkylation sites (tertiary alicyclic amines) is 1. The van der Waals surface area contributed by atoms with Crippen LogP contribution < -0.4 is 4.74 Å². The number of amides is 1. The van der Waals surface area contributed by atoms with Crippen LogP contribution in [0.5, 0.6) is 5.75 Å². The molecule has 1 heterocycles. The summed E-state index contributed by atoms with van der Waals surface area (Å²) in [7, 11) is -5.27. The second-order valence-corrected chi connectivity index (χ2v) is 13.1. The normalized spacial score (nSPS) is 19.8. The second-order valence-electron chi connectivity index (χ2n) is 9.37. The molecule has 3 atom stereocenters. The van der Waals surface area contributed by atoms with E-state index in [0.717, 1.165) is 8.61 Å². The summed E-state index contributed by atoms with van der Waals surface area (Å²) in [5, 5.41) is 19.9. The topological polar surface area (TPSA) is 171 Å². The molecule has 1 amide bonds. The summed E-state index contributed by atoms with van der Waals surface area (Å²) in [6, 6.07) is 3.60. The molecule has 1 aliphatic heterocycles. The Morgan fingerprint density at radius 2 is 1.57 bits per heavy atom. The minimum Gasteiger partial charge on any atom is -0.497 e. The first kappa shape index (κ1) is 33.1. The van der Waals surface area contributed by atoms with Gasteiger partial charge in [0.15, 0.2) is 0 Å².